The lowest BCUT2D eigenvalue weighted by Gasteiger charge is -2.33. The van der Waals surface area contributed by atoms with Crippen LogP contribution in [0.5, 0.6) is 0 Å². The third-order valence-electron chi connectivity index (χ3n) is 3.61. The van der Waals surface area contributed by atoms with Gasteiger partial charge in [-0.2, -0.15) is 9.40 Å². The quantitative estimate of drug-likeness (QED) is 0.832. The first-order chi connectivity index (χ1) is 10.00. The van der Waals surface area contributed by atoms with Crippen molar-refractivity contribution in [3.8, 4) is 0 Å². The zero-order valence-corrected chi connectivity index (χ0v) is 11.9. The van der Waals surface area contributed by atoms with Gasteiger partial charge in [0.15, 0.2) is 0 Å². The Balaban J connectivity index is 2.06. The Hall–Kier alpha value is -2.19. The Morgan fingerprint density at radius 1 is 1.33 bits per heavy atom. The zero-order chi connectivity index (χ0) is 15.0. The largest absolute Gasteiger partial charge is 0.368 e. The van der Waals surface area contributed by atoms with Crippen molar-refractivity contribution in [3.05, 3.63) is 47.8 Å². The normalized spacial score (nSPS) is 19.1. The van der Waals surface area contributed by atoms with E-state index in [0.29, 0.717) is 0 Å². The van der Waals surface area contributed by atoms with Crippen LogP contribution in [0, 0.1) is 0 Å². The topological polar surface area (TPSA) is 109 Å². The summed E-state index contributed by atoms with van der Waals surface area (Å²) in [6, 6.07) is 6.54. The molecule has 0 fully saturated rings. The summed E-state index contributed by atoms with van der Waals surface area (Å²) in [4.78, 5) is 11.7. The highest BCUT2D eigenvalue weighted by Crippen LogP contribution is 2.28. The van der Waals surface area contributed by atoms with Crippen molar-refractivity contribution < 1.29 is 13.2 Å². The fraction of sp³-hybridized carbons (Fsp3) is 0.231. The van der Waals surface area contributed by atoms with Crippen LogP contribution in [-0.4, -0.2) is 34.9 Å². The van der Waals surface area contributed by atoms with Gasteiger partial charge in [-0.15, -0.1) is 0 Å². The first-order valence-corrected chi connectivity index (χ1v) is 7.81. The van der Waals surface area contributed by atoms with Crippen molar-refractivity contribution >= 4 is 15.9 Å². The average Bonchev–Trinajstić information content (AvgIpc) is 3.00. The summed E-state index contributed by atoms with van der Waals surface area (Å²) in [6.07, 6.45) is 2.78. The second kappa shape index (κ2) is 4.97. The van der Waals surface area contributed by atoms with Crippen LogP contribution in [-0.2, 0) is 27.8 Å². The number of carbonyl (C=O) groups excluding carboxylic acids is 1. The van der Waals surface area contributed by atoms with Crippen molar-refractivity contribution in [2.45, 2.75) is 23.9 Å². The van der Waals surface area contributed by atoms with E-state index in [9.17, 15) is 13.2 Å². The van der Waals surface area contributed by atoms with Crippen LogP contribution in [0.25, 0.3) is 0 Å². The first kappa shape index (κ1) is 13.8. The Bertz CT molecular complexity index is 770. The van der Waals surface area contributed by atoms with Crippen LogP contribution >= 0.6 is 0 Å². The van der Waals surface area contributed by atoms with Gasteiger partial charge in [0.25, 0.3) is 0 Å². The zero-order valence-electron chi connectivity index (χ0n) is 11.1. The second-order valence-electron chi connectivity index (χ2n) is 4.88. The molecule has 0 bridgehead atoms. The molecular weight excluding hydrogens is 292 g/mol. The molecule has 1 aromatic heterocycles. The van der Waals surface area contributed by atoms with E-state index < -0.39 is 22.0 Å². The summed E-state index contributed by atoms with van der Waals surface area (Å²) in [6.45, 7) is 0.122. The van der Waals surface area contributed by atoms with Gasteiger partial charge in [0.1, 0.15) is 10.9 Å². The van der Waals surface area contributed by atoms with Crippen molar-refractivity contribution in [1.29, 1.82) is 0 Å². The number of rotatable bonds is 3. The summed E-state index contributed by atoms with van der Waals surface area (Å²) >= 11 is 0. The van der Waals surface area contributed by atoms with Crippen LogP contribution in [0.2, 0.25) is 0 Å². The number of nitrogens with one attached hydrogen (secondary N) is 1. The fourth-order valence-corrected chi connectivity index (χ4v) is 3.99. The molecule has 2 heterocycles. The highest BCUT2D eigenvalue weighted by molar-refractivity contribution is 7.89. The number of primary amides is 1. The molecule has 0 unspecified atom stereocenters. The standard InChI is InChI=1S/C13H14N4O3S/c14-13(18)12-5-9-3-1-2-4-10(9)8-17(12)21(19,20)11-6-15-16-7-11/h1-4,6-7,12H,5,8H2,(H2,14,18)(H,15,16)/t12-/m0/s1. The molecule has 0 spiro atoms. The van der Waals surface area contributed by atoms with Gasteiger partial charge in [-0.05, 0) is 17.5 Å². The number of aromatic amines is 1. The number of sulfonamides is 1. The first-order valence-electron chi connectivity index (χ1n) is 6.37. The molecule has 0 saturated carbocycles. The van der Waals surface area contributed by atoms with Crippen LogP contribution in [0.15, 0.2) is 41.6 Å². The molecule has 1 amide bonds. The third kappa shape index (κ3) is 2.32. The summed E-state index contributed by atoms with van der Waals surface area (Å²) in [5.74, 6) is -0.656. The lowest BCUT2D eigenvalue weighted by atomic mass is 9.96. The Morgan fingerprint density at radius 3 is 2.67 bits per heavy atom. The molecule has 7 nitrogen and oxygen atoms in total. The van der Waals surface area contributed by atoms with Crippen LogP contribution in [0.3, 0.4) is 0 Å². The van der Waals surface area contributed by atoms with Gasteiger partial charge in [0.05, 0.1) is 6.20 Å². The second-order valence-corrected chi connectivity index (χ2v) is 6.77. The van der Waals surface area contributed by atoms with Gasteiger partial charge in [-0.3, -0.25) is 9.89 Å². The summed E-state index contributed by atoms with van der Waals surface area (Å²) in [5.41, 5.74) is 7.22. The number of carbonyl (C=O) groups is 1. The number of nitrogens with zero attached hydrogens (tertiary/aromatic N) is 2. The van der Waals surface area contributed by atoms with Gasteiger partial charge >= 0.3 is 0 Å². The van der Waals surface area contributed by atoms with Crippen molar-refractivity contribution in [2.75, 3.05) is 0 Å². The number of aromatic nitrogens is 2. The molecule has 1 atom stereocenters. The van der Waals surface area contributed by atoms with Gasteiger partial charge < -0.3 is 5.73 Å². The Kier molecular flexibility index (Phi) is 3.26. The molecule has 3 N–H and O–H groups in total. The maximum absolute atomic E-state index is 12.6. The van der Waals surface area contributed by atoms with Crippen molar-refractivity contribution in [1.82, 2.24) is 14.5 Å². The van der Waals surface area contributed by atoms with Gasteiger partial charge in [0, 0.05) is 12.7 Å². The SMILES string of the molecule is NC(=O)[C@@H]1Cc2ccccc2CN1S(=O)(=O)c1cn[nH]c1. The van der Waals surface area contributed by atoms with E-state index in [1.165, 1.54) is 12.4 Å². The maximum Gasteiger partial charge on any atom is 0.247 e. The van der Waals surface area contributed by atoms with E-state index in [-0.39, 0.29) is 17.9 Å². The summed E-state index contributed by atoms with van der Waals surface area (Å²) in [7, 11) is -3.82. The van der Waals surface area contributed by atoms with E-state index in [1.807, 2.05) is 24.3 Å². The lowest BCUT2D eigenvalue weighted by Crippen LogP contribution is -2.50. The predicted octanol–water partition coefficient (Wildman–Crippen LogP) is 0.0106. The number of hydrogen-bond acceptors (Lipinski definition) is 4. The molecule has 8 heteroatoms. The number of nitrogens with two attached hydrogens (primary N) is 1. The molecule has 1 aliphatic heterocycles. The molecule has 1 aliphatic rings. The predicted molar refractivity (Wildman–Crippen MR) is 74.4 cm³/mol. The molecule has 0 aliphatic carbocycles. The lowest BCUT2D eigenvalue weighted by molar-refractivity contribution is -0.122. The van der Waals surface area contributed by atoms with Crippen molar-refractivity contribution in [2.24, 2.45) is 5.73 Å². The third-order valence-corrected chi connectivity index (χ3v) is 5.43. The van der Waals surface area contributed by atoms with Crippen LogP contribution in [0.1, 0.15) is 11.1 Å². The van der Waals surface area contributed by atoms with E-state index in [1.54, 1.807) is 0 Å². The molecule has 3 rings (SSSR count). The molecule has 0 radical (unpaired) electrons. The van der Waals surface area contributed by atoms with Crippen molar-refractivity contribution in [3.63, 3.8) is 0 Å². The maximum atomic E-state index is 12.6. The Labute approximate surface area is 121 Å². The molecule has 110 valence electrons. The number of amides is 1. The van der Waals surface area contributed by atoms with Crippen LogP contribution in [0.4, 0.5) is 0 Å². The highest BCUT2D eigenvalue weighted by Gasteiger charge is 2.38. The number of hydrogen-bond donors (Lipinski definition) is 2. The van der Waals surface area contributed by atoms with Crippen LogP contribution < -0.4 is 5.73 Å². The van der Waals surface area contributed by atoms with E-state index in [4.69, 9.17) is 5.73 Å². The number of fused-ring (bicyclic) bond motifs is 1. The minimum Gasteiger partial charge on any atom is -0.368 e. The minimum absolute atomic E-state index is 0.0214. The summed E-state index contributed by atoms with van der Waals surface area (Å²) in [5, 5.41) is 6.12. The van der Waals surface area contributed by atoms with E-state index in [0.717, 1.165) is 15.4 Å². The fourth-order valence-electron chi connectivity index (χ4n) is 2.51. The monoisotopic (exact) mass is 306 g/mol. The number of benzene rings is 1. The van der Waals surface area contributed by atoms with Gasteiger partial charge in [-0.25, -0.2) is 8.42 Å². The average molecular weight is 306 g/mol. The molecule has 1 aromatic carbocycles. The smallest absolute Gasteiger partial charge is 0.247 e. The summed E-state index contributed by atoms with van der Waals surface area (Å²) < 4.78 is 26.4. The van der Waals surface area contributed by atoms with Gasteiger partial charge in [-0.1, -0.05) is 24.3 Å². The Morgan fingerprint density at radius 2 is 2.05 bits per heavy atom. The molecule has 21 heavy (non-hydrogen) atoms. The molecule has 2 aromatic rings. The number of H-pyrrole nitrogens is 1. The van der Waals surface area contributed by atoms with E-state index >= 15 is 0 Å². The van der Waals surface area contributed by atoms with E-state index in [2.05, 4.69) is 10.2 Å². The molecule has 0 saturated heterocycles. The molecular formula is C13H14N4O3S. The van der Waals surface area contributed by atoms with Gasteiger partial charge in [0.2, 0.25) is 15.9 Å². The highest BCUT2D eigenvalue weighted by atomic mass is 32.2. The minimum atomic E-state index is -3.82.